The largest absolute Gasteiger partial charge is 0.466 e. The van der Waals surface area contributed by atoms with Crippen LogP contribution in [0.25, 0.3) is 0 Å². The minimum absolute atomic E-state index is 0.0272. The molecule has 20 heavy (non-hydrogen) atoms. The number of esters is 1. The van der Waals surface area contributed by atoms with E-state index < -0.39 is 0 Å². The quantitative estimate of drug-likeness (QED) is 0.583. The second kappa shape index (κ2) is 7.99. The number of ether oxygens (including phenoxy) is 1. The molecule has 2 N–H and O–H groups in total. The smallest absolute Gasteiger partial charge is 0.308 e. The normalized spacial score (nSPS) is 22.6. The molecule has 1 heterocycles. The van der Waals surface area contributed by atoms with Gasteiger partial charge >= 0.3 is 5.97 Å². The van der Waals surface area contributed by atoms with E-state index in [2.05, 4.69) is 20.5 Å². The minimum Gasteiger partial charge on any atom is -0.466 e. The zero-order valence-corrected chi connectivity index (χ0v) is 12.1. The number of aryl methyl sites for hydroxylation is 1. The average molecular weight is 280 g/mol. The first-order chi connectivity index (χ1) is 9.79. The Morgan fingerprint density at radius 1 is 1.55 bits per heavy atom. The fraction of sp³-hybridized carbons (Fsp3) is 0.786. The molecule has 0 aliphatic heterocycles. The Kier molecular flexibility index (Phi) is 5.98. The van der Waals surface area contributed by atoms with Crippen molar-refractivity contribution in [2.24, 2.45) is 5.92 Å². The van der Waals surface area contributed by atoms with Crippen molar-refractivity contribution in [3.05, 3.63) is 12.2 Å². The highest BCUT2D eigenvalue weighted by Crippen LogP contribution is 2.25. The van der Waals surface area contributed by atoms with Gasteiger partial charge in [0.25, 0.3) is 0 Å². The first kappa shape index (κ1) is 15.0. The van der Waals surface area contributed by atoms with E-state index >= 15 is 0 Å². The van der Waals surface area contributed by atoms with Crippen LogP contribution in [0.5, 0.6) is 0 Å². The van der Waals surface area contributed by atoms with Gasteiger partial charge in [-0.05, 0) is 39.2 Å². The number of aromatic amines is 1. The molecule has 1 aliphatic rings. The van der Waals surface area contributed by atoms with Gasteiger partial charge in [0.05, 0.1) is 12.5 Å². The van der Waals surface area contributed by atoms with Crippen molar-refractivity contribution in [3.8, 4) is 0 Å². The summed E-state index contributed by atoms with van der Waals surface area (Å²) in [4.78, 5) is 15.9. The molecular formula is C14H24N4O2. The van der Waals surface area contributed by atoms with Crippen LogP contribution in [0.1, 0.15) is 44.9 Å². The molecule has 2 atom stereocenters. The number of hydrogen-bond donors (Lipinski definition) is 2. The van der Waals surface area contributed by atoms with E-state index in [0.29, 0.717) is 12.6 Å². The van der Waals surface area contributed by atoms with Crippen LogP contribution in [0.2, 0.25) is 0 Å². The monoisotopic (exact) mass is 280 g/mol. The molecule has 0 bridgehead atoms. The van der Waals surface area contributed by atoms with Crippen LogP contribution in [-0.2, 0) is 16.0 Å². The third-order valence-corrected chi connectivity index (χ3v) is 3.78. The molecule has 1 aromatic rings. The number of carbonyl (C=O) groups is 1. The summed E-state index contributed by atoms with van der Waals surface area (Å²) in [5, 5.41) is 10.2. The summed E-state index contributed by atoms with van der Waals surface area (Å²) >= 11 is 0. The molecule has 1 aromatic heterocycles. The number of H-pyrrole nitrogens is 1. The summed E-state index contributed by atoms with van der Waals surface area (Å²) < 4.78 is 5.12. The van der Waals surface area contributed by atoms with Crippen molar-refractivity contribution in [2.45, 2.75) is 51.5 Å². The molecule has 0 spiro atoms. The third-order valence-electron chi connectivity index (χ3n) is 3.78. The molecule has 6 nitrogen and oxygen atoms in total. The maximum absolute atomic E-state index is 11.8. The zero-order chi connectivity index (χ0) is 14.2. The number of aromatic nitrogens is 3. The van der Waals surface area contributed by atoms with Crippen molar-refractivity contribution in [1.82, 2.24) is 20.5 Å². The van der Waals surface area contributed by atoms with Crippen LogP contribution >= 0.6 is 0 Å². The van der Waals surface area contributed by atoms with Crippen molar-refractivity contribution in [3.63, 3.8) is 0 Å². The Bertz CT molecular complexity index is 394. The molecule has 1 aliphatic carbocycles. The average Bonchev–Trinajstić information content (AvgIpc) is 2.97. The molecule has 0 amide bonds. The predicted octanol–water partition coefficient (Wildman–Crippen LogP) is 1.45. The minimum atomic E-state index is -0.0272. The van der Waals surface area contributed by atoms with E-state index in [1.807, 2.05) is 6.92 Å². The van der Waals surface area contributed by atoms with Crippen LogP contribution in [0.15, 0.2) is 6.33 Å². The van der Waals surface area contributed by atoms with E-state index in [9.17, 15) is 4.79 Å². The van der Waals surface area contributed by atoms with Gasteiger partial charge in [-0.25, -0.2) is 4.98 Å². The van der Waals surface area contributed by atoms with Gasteiger partial charge in [0.15, 0.2) is 0 Å². The Balaban J connectivity index is 1.64. The van der Waals surface area contributed by atoms with E-state index in [1.54, 1.807) is 0 Å². The topological polar surface area (TPSA) is 79.9 Å². The van der Waals surface area contributed by atoms with E-state index in [0.717, 1.165) is 50.9 Å². The lowest BCUT2D eigenvalue weighted by molar-refractivity contribution is -0.149. The van der Waals surface area contributed by atoms with Gasteiger partial charge in [0, 0.05) is 12.5 Å². The maximum Gasteiger partial charge on any atom is 0.308 e. The number of rotatable bonds is 7. The van der Waals surface area contributed by atoms with Gasteiger partial charge in [-0.15, -0.1) is 0 Å². The standard InChI is InChI=1S/C14H24N4O2/c1-2-20-14(19)11-5-3-6-12(9-11)15-8-4-7-13-16-10-17-18-13/h10-12,15H,2-9H2,1H3,(H,16,17,18). The predicted molar refractivity (Wildman–Crippen MR) is 75.1 cm³/mol. The van der Waals surface area contributed by atoms with Crippen molar-refractivity contribution < 1.29 is 9.53 Å². The van der Waals surface area contributed by atoms with Crippen LogP contribution in [0.3, 0.4) is 0 Å². The summed E-state index contributed by atoms with van der Waals surface area (Å²) in [5.41, 5.74) is 0. The van der Waals surface area contributed by atoms with Crippen molar-refractivity contribution in [2.75, 3.05) is 13.2 Å². The summed E-state index contributed by atoms with van der Waals surface area (Å²) in [6.07, 6.45) is 7.59. The first-order valence-electron chi connectivity index (χ1n) is 7.54. The summed E-state index contributed by atoms with van der Waals surface area (Å²) in [7, 11) is 0. The van der Waals surface area contributed by atoms with Gasteiger partial charge in [0.1, 0.15) is 12.2 Å². The Morgan fingerprint density at radius 2 is 2.45 bits per heavy atom. The molecule has 2 unspecified atom stereocenters. The Labute approximate surface area is 119 Å². The van der Waals surface area contributed by atoms with Gasteiger partial charge in [-0.2, -0.15) is 5.10 Å². The second-order valence-corrected chi connectivity index (χ2v) is 5.30. The fourth-order valence-corrected chi connectivity index (χ4v) is 2.76. The second-order valence-electron chi connectivity index (χ2n) is 5.30. The van der Waals surface area contributed by atoms with Crippen molar-refractivity contribution >= 4 is 5.97 Å². The number of nitrogens with one attached hydrogen (secondary N) is 2. The summed E-state index contributed by atoms with van der Waals surface area (Å²) in [6.45, 7) is 3.28. The van der Waals surface area contributed by atoms with Crippen LogP contribution in [0, 0.1) is 5.92 Å². The van der Waals surface area contributed by atoms with Crippen LogP contribution in [-0.4, -0.2) is 40.3 Å². The number of hydrogen-bond acceptors (Lipinski definition) is 5. The Morgan fingerprint density at radius 3 is 3.20 bits per heavy atom. The molecule has 6 heteroatoms. The third kappa shape index (κ3) is 4.59. The molecule has 1 saturated carbocycles. The molecule has 112 valence electrons. The lowest BCUT2D eigenvalue weighted by atomic mass is 9.85. The lowest BCUT2D eigenvalue weighted by Gasteiger charge is -2.28. The summed E-state index contributed by atoms with van der Waals surface area (Å²) in [6, 6.07) is 0.438. The molecule has 0 aromatic carbocycles. The van der Waals surface area contributed by atoms with Crippen LogP contribution < -0.4 is 5.32 Å². The SMILES string of the molecule is CCOC(=O)C1CCCC(NCCCc2ncn[nH]2)C1. The Hall–Kier alpha value is -1.43. The highest BCUT2D eigenvalue weighted by Gasteiger charge is 2.27. The fourth-order valence-electron chi connectivity index (χ4n) is 2.76. The van der Waals surface area contributed by atoms with Gasteiger partial charge in [0.2, 0.25) is 0 Å². The molecule has 1 fully saturated rings. The maximum atomic E-state index is 11.8. The van der Waals surface area contributed by atoms with Gasteiger partial charge < -0.3 is 10.1 Å². The first-order valence-corrected chi connectivity index (χ1v) is 7.54. The van der Waals surface area contributed by atoms with Gasteiger partial charge in [-0.1, -0.05) is 6.42 Å². The van der Waals surface area contributed by atoms with E-state index in [1.165, 1.54) is 6.33 Å². The van der Waals surface area contributed by atoms with Crippen molar-refractivity contribution in [1.29, 1.82) is 0 Å². The number of nitrogens with zero attached hydrogens (tertiary/aromatic N) is 2. The molecule has 0 radical (unpaired) electrons. The highest BCUT2D eigenvalue weighted by atomic mass is 16.5. The molecule has 2 rings (SSSR count). The van der Waals surface area contributed by atoms with Gasteiger partial charge in [-0.3, -0.25) is 9.89 Å². The highest BCUT2D eigenvalue weighted by molar-refractivity contribution is 5.72. The zero-order valence-electron chi connectivity index (χ0n) is 12.1. The molecule has 0 saturated heterocycles. The molecular weight excluding hydrogens is 256 g/mol. The van der Waals surface area contributed by atoms with E-state index in [4.69, 9.17) is 4.74 Å². The van der Waals surface area contributed by atoms with E-state index in [-0.39, 0.29) is 11.9 Å². The summed E-state index contributed by atoms with van der Waals surface area (Å²) in [5.74, 6) is 0.982. The lowest BCUT2D eigenvalue weighted by Crippen LogP contribution is -2.37. The van der Waals surface area contributed by atoms with Crippen LogP contribution in [0.4, 0.5) is 0 Å². The number of carbonyl (C=O) groups excluding carboxylic acids is 1.